The van der Waals surface area contributed by atoms with E-state index in [1.54, 1.807) is 0 Å². The molecule has 136 valence electrons. The molecular weight excluding hydrogens is 342 g/mol. The Morgan fingerprint density at radius 3 is 2.64 bits per heavy atom. The maximum Gasteiger partial charge on any atom is 0.275 e. The fourth-order valence-electron chi connectivity index (χ4n) is 5.36. The molecule has 6 nitrogen and oxygen atoms in total. The fraction of sp³-hybridized carbons (Fsp3) is 0.722. The Labute approximate surface area is 152 Å². The van der Waals surface area contributed by atoms with Crippen molar-refractivity contribution >= 4 is 17.7 Å². The highest BCUT2D eigenvalue weighted by molar-refractivity contribution is 6.24. The third kappa shape index (κ3) is 2.99. The molecule has 0 radical (unpaired) electrons. The predicted molar refractivity (Wildman–Crippen MR) is 92.1 cm³/mol. The van der Waals surface area contributed by atoms with E-state index in [0.29, 0.717) is 11.5 Å². The number of amides is 1. The van der Waals surface area contributed by atoms with Crippen molar-refractivity contribution in [2.45, 2.75) is 63.7 Å². The average Bonchev–Trinajstić information content (AvgIpc) is 2.52. The van der Waals surface area contributed by atoms with Crippen LogP contribution in [0.3, 0.4) is 0 Å². The van der Waals surface area contributed by atoms with Crippen LogP contribution in [0.1, 0.15) is 56.3 Å². The summed E-state index contributed by atoms with van der Waals surface area (Å²) in [5, 5.41) is 10.7. The first-order valence-electron chi connectivity index (χ1n) is 9.05. The summed E-state index contributed by atoms with van der Waals surface area (Å²) in [5.41, 5.74) is -0.256. The van der Waals surface area contributed by atoms with E-state index in [1.165, 1.54) is 16.9 Å². The van der Waals surface area contributed by atoms with Crippen LogP contribution in [0.2, 0.25) is 0 Å². The Bertz CT molecular complexity index is 667. The van der Waals surface area contributed by atoms with E-state index in [9.17, 15) is 9.90 Å². The van der Waals surface area contributed by atoms with Gasteiger partial charge in [0.2, 0.25) is 5.88 Å². The summed E-state index contributed by atoms with van der Waals surface area (Å²) in [6, 6.07) is -0.0434. The Morgan fingerprint density at radius 1 is 1.36 bits per heavy atom. The van der Waals surface area contributed by atoms with Crippen molar-refractivity contribution in [3.05, 3.63) is 18.1 Å². The molecule has 4 aliphatic carbocycles. The van der Waals surface area contributed by atoms with E-state index >= 15 is 0 Å². The van der Waals surface area contributed by atoms with Gasteiger partial charge in [0, 0.05) is 18.0 Å². The second-order valence-electron chi connectivity index (χ2n) is 8.21. The number of carbonyl (C=O) groups is 1. The Hall–Kier alpha value is -1.40. The predicted octanol–water partition coefficient (Wildman–Crippen LogP) is 2.80. The number of rotatable bonds is 4. The second-order valence-corrected chi connectivity index (χ2v) is 8.57. The summed E-state index contributed by atoms with van der Waals surface area (Å²) >= 11 is 6.55. The van der Waals surface area contributed by atoms with Crippen LogP contribution < -0.4 is 4.74 Å². The molecule has 7 heteroatoms. The van der Waals surface area contributed by atoms with Gasteiger partial charge >= 0.3 is 0 Å². The zero-order chi connectivity index (χ0) is 17.8. The zero-order valence-corrected chi connectivity index (χ0v) is 15.3. The van der Waals surface area contributed by atoms with E-state index in [1.807, 2.05) is 13.8 Å². The number of ether oxygens (including phenoxy) is 1. The van der Waals surface area contributed by atoms with E-state index in [0.717, 1.165) is 32.1 Å². The topological polar surface area (TPSA) is 75.6 Å². The monoisotopic (exact) mass is 365 g/mol. The van der Waals surface area contributed by atoms with Crippen LogP contribution in [0.4, 0.5) is 0 Å². The van der Waals surface area contributed by atoms with E-state index < -0.39 is 5.60 Å². The Balaban J connectivity index is 1.58. The van der Waals surface area contributed by atoms with E-state index in [-0.39, 0.29) is 35.8 Å². The number of halogens is 1. The molecule has 25 heavy (non-hydrogen) atoms. The van der Waals surface area contributed by atoms with Gasteiger partial charge in [-0.2, -0.15) is 0 Å². The molecule has 0 spiro atoms. The molecule has 0 aromatic carbocycles. The molecule has 5 rings (SSSR count). The van der Waals surface area contributed by atoms with Crippen molar-refractivity contribution < 1.29 is 14.6 Å². The molecule has 1 heterocycles. The van der Waals surface area contributed by atoms with Crippen molar-refractivity contribution in [3.8, 4) is 5.88 Å². The van der Waals surface area contributed by atoms with Gasteiger partial charge in [0.1, 0.15) is 11.9 Å². The molecule has 1 N–H and O–H groups in total. The maximum atomic E-state index is 13.0. The molecule has 0 aliphatic heterocycles. The van der Waals surface area contributed by atoms with Gasteiger partial charge in [-0.25, -0.2) is 14.4 Å². The fourth-order valence-corrected chi connectivity index (χ4v) is 5.77. The Kier molecular flexibility index (Phi) is 4.15. The summed E-state index contributed by atoms with van der Waals surface area (Å²) in [6.45, 7) is 3.76. The minimum atomic E-state index is -0.546. The van der Waals surface area contributed by atoms with Gasteiger partial charge in [0.25, 0.3) is 5.91 Å². The minimum Gasteiger partial charge on any atom is -0.474 e. The van der Waals surface area contributed by atoms with E-state index in [2.05, 4.69) is 9.97 Å². The van der Waals surface area contributed by atoms with E-state index in [4.69, 9.17) is 16.5 Å². The largest absolute Gasteiger partial charge is 0.474 e. The summed E-state index contributed by atoms with van der Waals surface area (Å²) in [5.74, 6) is 1.04. The molecule has 4 fully saturated rings. The third-order valence-corrected chi connectivity index (χ3v) is 6.28. The first-order valence-corrected chi connectivity index (χ1v) is 9.38. The van der Waals surface area contributed by atoms with Crippen LogP contribution in [0, 0.1) is 17.8 Å². The van der Waals surface area contributed by atoms with Gasteiger partial charge in [0.15, 0.2) is 0 Å². The highest BCUT2D eigenvalue weighted by atomic mass is 35.5. The average molecular weight is 366 g/mol. The summed E-state index contributed by atoms with van der Waals surface area (Å²) in [6.07, 6.45) is 7.20. The van der Waals surface area contributed by atoms with Gasteiger partial charge in [-0.15, -0.1) is 0 Å². The number of carbonyl (C=O) groups excluding carboxylic acids is 1. The van der Waals surface area contributed by atoms with Crippen molar-refractivity contribution in [2.75, 3.05) is 0 Å². The first-order chi connectivity index (χ1) is 11.9. The van der Waals surface area contributed by atoms with Crippen molar-refractivity contribution in [1.29, 1.82) is 0 Å². The van der Waals surface area contributed by atoms with Crippen LogP contribution in [-0.4, -0.2) is 43.1 Å². The highest BCUT2D eigenvalue weighted by Crippen LogP contribution is 2.57. The van der Waals surface area contributed by atoms with Crippen LogP contribution in [0.25, 0.3) is 0 Å². The van der Waals surface area contributed by atoms with Crippen molar-refractivity contribution in [1.82, 2.24) is 14.4 Å². The molecule has 4 aliphatic rings. The number of hydrogen-bond donors (Lipinski definition) is 1. The van der Waals surface area contributed by atoms with Gasteiger partial charge in [-0.1, -0.05) is 0 Å². The maximum absolute atomic E-state index is 13.0. The molecule has 0 saturated heterocycles. The molecule has 4 bridgehead atoms. The molecule has 1 aromatic heterocycles. The number of nitrogens with zero attached hydrogens (tertiary/aromatic N) is 3. The van der Waals surface area contributed by atoms with Crippen LogP contribution in [0.15, 0.2) is 12.5 Å². The van der Waals surface area contributed by atoms with Crippen LogP contribution in [0.5, 0.6) is 5.88 Å². The minimum absolute atomic E-state index is 0.0434. The molecule has 1 aromatic rings. The molecular formula is C18H24ClN3O3. The molecule has 2 atom stereocenters. The third-order valence-electron chi connectivity index (χ3n) is 5.90. The zero-order valence-electron chi connectivity index (χ0n) is 14.6. The molecule has 2 unspecified atom stereocenters. The summed E-state index contributed by atoms with van der Waals surface area (Å²) in [7, 11) is 0. The lowest BCUT2D eigenvalue weighted by Gasteiger charge is -2.59. The first kappa shape index (κ1) is 17.0. The molecule has 1 amide bonds. The van der Waals surface area contributed by atoms with Gasteiger partial charge in [-0.05, 0) is 63.7 Å². The van der Waals surface area contributed by atoms with Gasteiger partial charge < -0.3 is 9.84 Å². The highest BCUT2D eigenvalue weighted by Gasteiger charge is 2.56. The molecule has 4 saturated carbocycles. The number of aromatic nitrogens is 2. The number of aliphatic hydroxyl groups is 1. The Morgan fingerprint density at radius 2 is 2.04 bits per heavy atom. The second kappa shape index (κ2) is 6.09. The smallest absolute Gasteiger partial charge is 0.275 e. The lowest BCUT2D eigenvalue weighted by atomic mass is 9.52. The summed E-state index contributed by atoms with van der Waals surface area (Å²) in [4.78, 5) is 21.1. The normalized spacial score (nSPS) is 35.9. The van der Waals surface area contributed by atoms with Gasteiger partial charge in [-0.3, -0.25) is 4.79 Å². The van der Waals surface area contributed by atoms with Crippen molar-refractivity contribution in [2.24, 2.45) is 17.8 Å². The standard InChI is InChI=1S/C18H24ClN3O3/c1-10(2)25-16-14(8-20-9-21-16)17(23)22(19)15-12-3-11-4-13(15)7-18(24,5-11)6-12/h8-13,15,24H,3-7H2,1-2H3. The van der Waals surface area contributed by atoms with Crippen LogP contribution >= 0.6 is 11.8 Å². The number of hydrogen-bond acceptors (Lipinski definition) is 5. The summed E-state index contributed by atoms with van der Waals surface area (Å²) < 4.78 is 6.98. The lowest BCUT2D eigenvalue weighted by Crippen LogP contribution is -2.60. The van der Waals surface area contributed by atoms with Gasteiger partial charge in [0.05, 0.1) is 17.7 Å². The lowest BCUT2D eigenvalue weighted by molar-refractivity contribution is -0.146. The quantitative estimate of drug-likeness (QED) is 0.830. The van der Waals surface area contributed by atoms with Crippen molar-refractivity contribution in [3.63, 3.8) is 0 Å². The van der Waals surface area contributed by atoms with Crippen LogP contribution in [-0.2, 0) is 0 Å². The SMILES string of the molecule is CC(C)Oc1ncncc1C(=O)N(Cl)C1C2CC3CC1CC(O)(C3)C2.